The molecule has 0 fully saturated rings. The van der Waals surface area contributed by atoms with Crippen LogP contribution in [0.15, 0.2) is 137 Å². The van der Waals surface area contributed by atoms with Crippen molar-refractivity contribution in [2.24, 2.45) is 4.99 Å². The average molecular weight is 677 g/mol. The Morgan fingerprint density at radius 1 is 0.857 bits per heavy atom. The summed E-state index contributed by atoms with van der Waals surface area (Å²) in [6, 6.07) is 31.0. The predicted octanol–water partition coefficient (Wildman–Crippen LogP) is 8.78. The van der Waals surface area contributed by atoms with Crippen LogP contribution in [0.1, 0.15) is 28.4 Å². The van der Waals surface area contributed by atoms with Crippen LogP contribution in [0.5, 0.6) is 17.2 Å². The van der Waals surface area contributed by atoms with Crippen LogP contribution >= 0.6 is 11.6 Å². The Morgan fingerprint density at radius 2 is 1.53 bits per heavy atom. The van der Waals surface area contributed by atoms with E-state index >= 15 is 4.39 Å². The average Bonchev–Trinajstić information content (AvgIpc) is 3.11. The molecule has 6 rings (SSSR count). The van der Waals surface area contributed by atoms with Crippen molar-refractivity contribution in [2.45, 2.75) is 6.92 Å². The summed E-state index contributed by atoms with van der Waals surface area (Å²) in [5, 5.41) is 2.61. The summed E-state index contributed by atoms with van der Waals surface area (Å²) in [6.07, 6.45) is 2.88. The van der Waals surface area contributed by atoms with Crippen molar-refractivity contribution in [3.63, 3.8) is 0 Å². The van der Waals surface area contributed by atoms with E-state index in [9.17, 15) is 14.0 Å². The van der Waals surface area contributed by atoms with Crippen molar-refractivity contribution in [1.29, 1.82) is 0 Å². The Hall–Kier alpha value is -6.13. The predicted molar refractivity (Wildman–Crippen MR) is 185 cm³/mol. The molecular formula is C38H27ClF2N4O4. The van der Waals surface area contributed by atoms with Crippen molar-refractivity contribution in [3.8, 4) is 22.9 Å². The highest BCUT2D eigenvalue weighted by molar-refractivity contribution is 6.34. The van der Waals surface area contributed by atoms with Gasteiger partial charge in [0.25, 0.3) is 11.5 Å². The van der Waals surface area contributed by atoms with Crippen molar-refractivity contribution in [3.05, 3.63) is 171 Å². The van der Waals surface area contributed by atoms with E-state index in [1.165, 1.54) is 65.5 Å². The molecule has 0 spiro atoms. The van der Waals surface area contributed by atoms with Crippen LogP contribution in [-0.2, 0) is 0 Å². The molecule has 49 heavy (non-hydrogen) atoms. The molecule has 8 nitrogen and oxygen atoms in total. The normalized spacial score (nSPS) is 10.7. The van der Waals surface area contributed by atoms with Gasteiger partial charge in [-0.2, -0.15) is 0 Å². The molecule has 0 aliphatic carbocycles. The molecule has 0 aliphatic rings. The van der Waals surface area contributed by atoms with Crippen LogP contribution in [0.3, 0.4) is 0 Å². The third-order valence-corrected chi connectivity index (χ3v) is 7.60. The standard InChI is InChI=1S/C38H27ClF2N4O4/c1-2-48-31-20-22-45(28-16-13-26(40)14-17-28)38(47)33(31)37(46)43-27-15-18-30(29(41)23-27)49-32-19-21-42-36(34(32)39)44-35(24-9-5-3-6-10-24)25-11-7-4-8-12-25/h3-23H,2H2,1H3,(H,43,46). The second-order valence-corrected chi connectivity index (χ2v) is 10.9. The van der Waals surface area contributed by atoms with E-state index in [1.807, 2.05) is 60.7 Å². The molecule has 4 aromatic carbocycles. The Morgan fingerprint density at radius 3 is 2.16 bits per heavy atom. The van der Waals surface area contributed by atoms with Crippen LogP contribution in [-0.4, -0.2) is 27.8 Å². The van der Waals surface area contributed by atoms with Gasteiger partial charge in [-0.25, -0.2) is 18.8 Å². The van der Waals surface area contributed by atoms with Gasteiger partial charge in [-0.1, -0.05) is 72.3 Å². The molecule has 244 valence electrons. The summed E-state index contributed by atoms with van der Waals surface area (Å²) in [7, 11) is 0. The summed E-state index contributed by atoms with van der Waals surface area (Å²) in [6.45, 7) is 1.89. The fourth-order valence-electron chi connectivity index (χ4n) is 4.95. The van der Waals surface area contributed by atoms with Gasteiger partial charge in [0.2, 0.25) is 0 Å². The molecule has 0 saturated carbocycles. The first-order chi connectivity index (χ1) is 23.8. The lowest BCUT2D eigenvalue weighted by Gasteiger charge is -2.14. The molecular weight excluding hydrogens is 650 g/mol. The molecule has 2 heterocycles. The maximum Gasteiger partial charge on any atom is 0.271 e. The quantitative estimate of drug-likeness (QED) is 0.146. The molecule has 0 unspecified atom stereocenters. The summed E-state index contributed by atoms with van der Waals surface area (Å²) < 4.78 is 41.4. The number of nitrogens with zero attached hydrogens (tertiary/aromatic N) is 3. The second kappa shape index (κ2) is 14.7. The van der Waals surface area contributed by atoms with E-state index in [0.717, 1.165) is 17.2 Å². The maximum absolute atomic E-state index is 15.4. The Bertz CT molecular complexity index is 2170. The number of aliphatic imine (C=N–C) groups is 1. The van der Waals surface area contributed by atoms with Crippen molar-refractivity contribution in [2.75, 3.05) is 11.9 Å². The zero-order chi connectivity index (χ0) is 34.3. The first-order valence-corrected chi connectivity index (χ1v) is 15.5. The van der Waals surface area contributed by atoms with Gasteiger partial charge >= 0.3 is 0 Å². The number of hydrogen-bond donors (Lipinski definition) is 1. The molecule has 0 aliphatic heterocycles. The zero-order valence-electron chi connectivity index (χ0n) is 25.9. The van der Waals surface area contributed by atoms with Crippen molar-refractivity contribution in [1.82, 2.24) is 9.55 Å². The number of aromatic nitrogens is 2. The minimum absolute atomic E-state index is 0.0391. The lowest BCUT2D eigenvalue weighted by atomic mass is 10.0. The second-order valence-electron chi connectivity index (χ2n) is 10.5. The molecule has 2 aromatic heterocycles. The van der Waals surface area contributed by atoms with E-state index in [0.29, 0.717) is 11.4 Å². The van der Waals surface area contributed by atoms with E-state index in [4.69, 9.17) is 26.1 Å². The lowest BCUT2D eigenvalue weighted by Crippen LogP contribution is -2.29. The molecule has 0 bridgehead atoms. The number of benzene rings is 4. The smallest absolute Gasteiger partial charge is 0.271 e. The van der Waals surface area contributed by atoms with Crippen molar-refractivity contribution < 1.29 is 23.0 Å². The van der Waals surface area contributed by atoms with Gasteiger partial charge in [-0.05, 0) is 49.4 Å². The first kappa shape index (κ1) is 32.8. The molecule has 0 radical (unpaired) electrons. The number of rotatable bonds is 10. The number of amides is 1. The lowest BCUT2D eigenvalue weighted by molar-refractivity contribution is 0.102. The molecule has 0 atom stereocenters. The number of nitrogens with one attached hydrogen (secondary N) is 1. The number of carbonyl (C=O) groups excluding carboxylic acids is 1. The Balaban J connectivity index is 1.26. The van der Waals surface area contributed by atoms with Crippen LogP contribution in [0.2, 0.25) is 5.02 Å². The van der Waals surface area contributed by atoms with Gasteiger partial charge in [0.15, 0.2) is 23.1 Å². The Labute approximate surface area is 284 Å². The highest BCUT2D eigenvalue weighted by atomic mass is 35.5. The topological polar surface area (TPSA) is 94.8 Å². The number of carbonyl (C=O) groups is 1. The molecule has 11 heteroatoms. The van der Waals surface area contributed by atoms with E-state index in [2.05, 4.69) is 10.3 Å². The monoisotopic (exact) mass is 676 g/mol. The third-order valence-electron chi connectivity index (χ3n) is 7.24. The summed E-state index contributed by atoms with van der Waals surface area (Å²) in [5.74, 6) is -1.98. The molecule has 1 amide bonds. The minimum atomic E-state index is -0.828. The van der Waals surface area contributed by atoms with Gasteiger partial charge in [0.05, 0.1) is 12.3 Å². The SMILES string of the molecule is CCOc1ccn(-c2ccc(F)cc2)c(=O)c1C(=O)Nc1ccc(Oc2ccnc(N=C(c3ccccc3)c3ccccc3)c2Cl)c(F)c1. The van der Waals surface area contributed by atoms with Crippen molar-refractivity contribution >= 4 is 34.7 Å². The summed E-state index contributed by atoms with van der Waals surface area (Å²) >= 11 is 6.68. The van der Waals surface area contributed by atoms with Gasteiger partial charge in [-0.3, -0.25) is 14.2 Å². The maximum atomic E-state index is 15.4. The molecule has 0 saturated heterocycles. The summed E-state index contributed by atoms with van der Waals surface area (Å²) in [5.41, 5.74) is 1.71. The minimum Gasteiger partial charge on any atom is -0.493 e. The van der Waals surface area contributed by atoms with E-state index in [1.54, 1.807) is 6.92 Å². The highest BCUT2D eigenvalue weighted by Crippen LogP contribution is 2.37. The van der Waals surface area contributed by atoms with Gasteiger partial charge < -0.3 is 14.8 Å². The van der Waals surface area contributed by atoms with Crippen LogP contribution in [0.4, 0.5) is 20.3 Å². The summed E-state index contributed by atoms with van der Waals surface area (Å²) in [4.78, 5) is 35.9. The fourth-order valence-corrected chi connectivity index (χ4v) is 5.14. The van der Waals surface area contributed by atoms with E-state index < -0.39 is 23.1 Å². The van der Waals surface area contributed by atoms with Gasteiger partial charge in [0, 0.05) is 47.0 Å². The Kier molecular flexibility index (Phi) is 9.87. The number of pyridine rings is 2. The highest BCUT2D eigenvalue weighted by Gasteiger charge is 2.21. The van der Waals surface area contributed by atoms with Gasteiger partial charge in [-0.15, -0.1) is 0 Å². The fraction of sp³-hybridized carbons (Fsp3) is 0.0526. The largest absolute Gasteiger partial charge is 0.493 e. The van der Waals surface area contributed by atoms with Crippen LogP contribution < -0.4 is 20.3 Å². The van der Waals surface area contributed by atoms with Crippen LogP contribution in [0, 0.1) is 11.6 Å². The molecule has 1 N–H and O–H groups in total. The van der Waals surface area contributed by atoms with Crippen LogP contribution in [0.25, 0.3) is 5.69 Å². The molecule has 6 aromatic rings. The number of hydrogen-bond acceptors (Lipinski definition) is 6. The number of halogens is 3. The number of ether oxygens (including phenoxy) is 2. The number of anilines is 1. The first-order valence-electron chi connectivity index (χ1n) is 15.1. The van der Waals surface area contributed by atoms with Gasteiger partial charge in [0.1, 0.15) is 22.2 Å². The third kappa shape index (κ3) is 7.39. The van der Waals surface area contributed by atoms with E-state index in [-0.39, 0.29) is 45.9 Å². The zero-order valence-corrected chi connectivity index (χ0v) is 26.7.